The van der Waals surface area contributed by atoms with Crippen molar-refractivity contribution in [3.8, 4) is 0 Å². The number of ether oxygens (including phenoxy) is 1. The molecule has 4 aromatic rings. The van der Waals surface area contributed by atoms with Gasteiger partial charge in [-0.15, -0.1) is 5.10 Å². The third kappa shape index (κ3) is 9.82. The summed E-state index contributed by atoms with van der Waals surface area (Å²) in [7, 11) is 1.40. The third-order valence-corrected chi connectivity index (χ3v) is 10.2. The first-order chi connectivity index (χ1) is 25.5. The van der Waals surface area contributed by atoms with E-state index in [1.807, 2.05) is 35.2 Å². The van der Waals surface area contributed by atoms with E-state index in [-0.39, 0.29) is 35.4 Å². The highest BCUT2D eigenvalue weighted by Gasteiger charge is 2.39. The quantitative estimate of drug-likeness (QED) is 0.105. The Kier molecular flexibility index (Phi) is 11.7. The number of nitrogens with zero attached hydrogens (tertiary/aromatic N) is 7. The molecule has 6 rings (SSSR count). The van der Waals surface area contributed by atoms with E-state index < -0.39 is 53.9 Å². The molecule has 0 amide bonds. The number of anilines is 2. The predicted molar refractivity (Wildman–Crippen MR) is 181 cm³/mol. The SMILES string of the molecule is Cn1nnc(N(Cc2cc(C(F)(F)F)cc(C(F)(F)F)c2)Cc2cc(C(F)(F)F)cnc2N2CCCC2C2CCC(CCOCc3ccccc3)CC2)n1. The molecule has 0 radical (unpaired) electrons. The minimum atomic E-state index is -5.09. The molecule has 3 heterocycles. The summed E-state index contributed by atoms with van der Waals surface area (Å²) in [6.07, 6.45) is -7.87. The van der Waals surface area contributed by atoms with E-state index >= 15 is 0 Å². The van der Waals surface area contributed by atoms with Crippen molar-refractivity contribution >= 4 is 11.8 Å². The van der Waals surface area contributed by atoms with Crippen LogP contribution >= 0.6 is 0 Å². The van der Waals surface area contributed by atoms with Crippen LogP contribution in [0.25, 0.3) is 0 Å². The van der Waals surface area contributed by atoms with Crippen molar-refractivity contribution in [2.45, 2.75) is 89.2 Å². The number of aryl methyl sites for hydroxylation is 1. The average molecular weight is 770 g/mol. The van der Waals surface area contributed by atoms with Gasteiger partial charge < -0.3 is 14.5 Å². The van der Waals surface area contributed by atoms with E-state index in [2.05, 4.69) is 20.4 Å². The number of hydrogen-bond donors (Lipinski definition) is 0. The van der Waals surface area contributed by atoms with Crippen LogP contribution in [0.2, 0.25) is 0 Å². The van der Waals surface area contributed by atoms with Crippen molar-refractivity contribution in [3.05, 3.63) is 94.2 Å². The van der Waals surface area contributed by atoms with Crippen LogP contribution in [-0.2, 0) is 50.0 Å². The molecule has 2 fully saturated rings. The Labute approximate surface area is 306 Å². The second kappa shape index (κ2) is 16.1. The molecule has 2 aromatic carbocycles. The molecule has 292 valence electrons. The number of rotatable bonds is 12. The number of tetrazole rings is 1. The van der Waals surface area contributed by atoms with Gasteiger partial charge in [-0.1, -0.05) is 48.3 Å². The Morgan fingerprint density at radius 3 is 2.06 bits per heavy atom. The van der Waals surface area contributed by atoms with Crippen LogP contribution in [-0.4, -0.2) is 44.4 Å². The van der Waals surface area contributed by atoms with Gasteiger partial charge in [-0.05, 0) is 84.5 Å². The minimum absolute atomic E-state index is 0.0100. The van der Waals surface area contributed by atoms with E-state index in [1.54, 1.807) is 0 Å². The Bertz CT molecular complexity index is 1810. The fraction of sp³-hybridized carbons (Fsp3) is 0.514. The van der Waals surface area contributed by atoms with Gasteiger partial charge in [0.15, 0.2) is 0 Å². The second-order valence-corrected chi connectivity index (χ2v) is 14.1. The van der Waals surface area contributed by atoms with E-state index in [0.717, 1.165) is 67.6 Å². The Morgan fingerprint density at radius 1 is 0.778 bits per heavy atom. The first-order valence-corrected chi connectivity index (χ1v) is 17.8. The summed E-state index contributed by atoms with van der Waals surface area (Å²) >= 11 is 0. The fourth-order valence-corrected chi connectivity index (χ4v) is 7.59. The van der Waals surface area contributed by atoms with Crippen molar-refractivity contribution in [3.63, 3.8) is 0 Å². The first kappa shape index (κ1) is 39.3. The van der Waals surface area contributed by atoms with E-state index in [9.17, 15) is 39.5 Å². The van der Waals surface area contributed by atoms with Crippen molar-refractivity contribution in [2.75, 3.05) is 23.0 Å². The van der Waals surface area contributed by atoms with Gasteiger partial charge in [0.1, 0.15) is 5.82 Å². The molecule has 1 saturated heterocycles. The Morgan fingerprint density at radius 2 is 1.44 bits per heavy atom. The van der Waals surface area contributed by atoms with Crippen LogP contribution < -0.4 is 9.80 Å². The van der Waals surface area contributed by atoms with Crippen LogP contribution in [0.3, 0.4) is 0 Å². The normalized spacial score (nSPS) is 19.7. The maximum absolute atomic E-state index is 14.1. The van der Waals surface area contributed by atoms with Crippen LogP contribution in [0.4, 0.5) is 51.3 Å². The summed E-state index contributed by atoms with van der Waals surface area (Å²) in [5.74, 6) is 0.828. The van der Waals surface area contributed by atoms with Crippen molar-refractivity contribution < 1.29 is 44.3 Å². The zero-order chi connectivity index (χ0) is 38.7. The molecular formula is C37H40F9N7O. The molecule has 8 nitrogen and oxygen atoms in total. The van der Waals surface area contributed by atoms with Crippen LogP contribution in [0.15, 0.2) is 60.8 Å². The molecule has 0 N–H and O–H groups in total. The highest BCUT2D eigenvalue weighted by molar-refractivity contribution is 5.53. The molecule has 0 spiro atoms. The van der Waals surface area contributed by atoms with Gasteiger partial charge >= 0.3 is 18.5 Å². The van der Waals surface area contributed by atoms with Crippen LogP contribution in [0, 0.1) is 11.8 Å². The topological polar surface area (TPSA) is 72.2 Å². The summed E-state index contributed by atoms with van der Waals surface area (Å²) < 4.78 is 130. The summed E-state index contributed by atoms with van der Waals surface area (Å²) in [6, 6.07) is 12.0. The molecular weight excluding hydrogens is 729 g/mol. The molecule has 17 heteroatoms. The monoisotopic (exact) mass is 769 g/mol. The van der Waals surface area contributed by atoms with E-state index in [1.165, 1.54) is 11.9 Å². The lowest BCUT2D eigenvalue weighted by Crippen LogP contribution is -2.39. The molecule has 1 unspecified atom stereocenters. The van der Waals surface area contributed by atoms with Crippen LogP contribution in [0.1, 0.15) is 78.3 Å². The third-order valence-electron chi connectivity index (χ3n) is 10.2. The summed E-state index contributed by atoms with van der Waals surface area (Å²) in [5.41, 5.74) is -3.28. The molecule has 1 aliphatic heterocycles. The van der Waals surface area contributed by atoms with Gasteiger partial charge in [0.25, 0.3) is 5.95 Å². The molecule has 1 saturated carbocycles. The number of aromatic nitrogens is 5. The van der Waals surface area contributed by atoms with Crippen molar-refractivity contribution in [1.82, 2.24) is 25.2 Å². The van der Waals surface area contributed by atoms with Gasteiger partial charge in [-0.2, -0.15) is 44.3 Å². The number of pyridine rings is 1. The standard InChI is InChI=1S/C37H40F9N7O/c1-51-49-34(48-50-51)52(21-26-16-29(35(38,39)40)19-30(17-26)36(41,42)43)22-28-18-31(37(44,45)46)20-47-33(28)53-14-5-8-32(53)27-11-9-24(10-12-27)13-15-54-23-25-6-3-2-4-7-25/h2-4,6-7,16-20,24,27,32H,5,8-15,21-23H2,1H3. The zero-order valence-electron chi connectivity index (χ0n) is 29.4. The molecule has 0 bridgehead atoms. The van der Waals surface area contributed by atoms with E-state index in [4.69, 9.17) is 4.74 Å². The summed E-state index contributed by atoms with van der Waals surface area (Å²) in [4.78, 5) is 8.57. The molecule has 1 aliphatic carbocycles. The van der Waals surface area contributed by atoms with Gasteiger partial charge in [-0.3, -0.25) is 0 Å². The summed E-state index contributed by atoms with van der Waals surface area (Å²) in [5, 5.41) is 11.7. The molecule has 2 aromatic heterocycles. The number of halogens is 9. The molecule has 54 heavy (non-hydrogen) atoms. The number of benzene rings is 2. The maximum Gasteiger partial charge on any atom is 0.417 e. The lowest BCUT2D eigenvalue weighted by molar-refractivity contribution is -0.143. The number of alkyl halides is 9. The number of hydrogen-bond acceptors (Lipinski definition) is 7. The minimum Gasteiger partial charge on any atom is -0.377 e. The van der Waals surface area contributed by atoms with Crippen molar-refractivity contribution in [2.24, 2.45) is 18.9 Å². The highest BCUT2D eigenvalue weighted by atomic mass is 19.4. The molecule has 1 atom stereocenters. The smallest absolute Gasteiger partial charge is 0.377 e. The Hall–Kier alpha value is -4.41. The van der Waals surface area contributed by atoms with Gasteiger partial charge in [-0.25, -0.2) is 4.98 Å². The van der Waals surface area contributed by atoms with Crippen LogP contribution in [0.5, 0.6) is 0 Å². The van der Waals surface area contributed by atoms with Crippen molar-refractivity contribution in [1.29, 1.82) is 0 Å². The Balaban J connectivity index is 1.23. The second-order valence-electron chi connectivity index (χ2n) is 14.1. The summed E-state index contributed by atoms with van der Waals surface area (Å²) in [6.45, 7) is 0.711. The zero-order valence-corrected chi connectivity index (χ0v) is 29.4. The van der Waals surface area contributed by atoms with Gasteiger partial charge in [0.05, 0.1) is 30.3 Å². The predicted octanol–water partition coefficient (Wildman–Crippen LogP) is 9.25. The van der Waals surface area contributed by atoms with Gasteiger partial charge in [0, 0.05) is 44.0 Å². The molecule has 2 aliphatic rings. The lowest BCUT2D eigenvalue weighted by atomic mass is 9.77. The first-order valence-electron chi connectivity index (χ1n) is 17.8. The maximum atomic E-state index is 14.1. The fourth-order valence-electron chi connectivity index (χ4n) is 7.59. The largest absolute Gasteiger partial charge is 0.417 e. The average Bonchev–Trinajstić information content (AvgIpc) is 3.79. The highest BCUT2D eigenvalue weighted by Crippen LogP contribution is 2.42. The van der Waals surface area contributed by atoms with E-state index in [0.29, 0.717) is 37.8 Å². The lowest BCUT2D eigenvalue weighted by Gasteiger charge is -2.38. The van der Waals surface area contributed by atoms with Gasteiger partial charge in [0.2, 0.25) is 0 Å².